The molecule has 1 aliphatic heterocycles. The molecule has 0 radical (unpaired) electrons. The van der Waals surface area contributed by atoms with Gasteiger partial charge in [0.25, 0.3) is 0 Å². The van der Waals surface area contributed by atoms with Crippen LogP contribution < -0.4 is 4.74 Å². The number of carboxylic acids is 1. The second-order valence-corrected chi connectivity index (χ2v) is 6.36. The molecule has 7 heteroatoms. The zero-order valence-corrected chi connectivity index (χ0v) is 12.2. The first kappa shape index (κ1) is 13.2. The lowest BCUT2D eigenvalue weighted by molar-refractivity contribution is -0.139. The molecule has 0 saturated carbocycles. The Bertz CT molecular complexity index is 830. The summed E-state index contributed by atoms with van der Waals surface area (Å²) in [5.41, 5.74) is 0.966. The SMILES string of the molecule is N#Cc1sc2cc3cc(Cl)csc-3c2c1OCC(=O)O. The third-order valence-electron chi connectivity index (χ3n) is 2.69. The fourth-order valence-electron chi connectivity index (χ4n) is 1.98. The van der Waals surface area contributed by atoms with Crippen LogP contribution in [0.3, 0.4) is 0 Å². The zero-order valence-electron chi connectivity index (χ0n) is 9.84. The van der Waals surface area contributed by atoms with Crippen molar-refractivity contribution < 1.29 is 14.6 Å². The van der Waals surface area contributed by atoms with Crippen molar-refractivity contribution in [1.82, 2.24) is 0 Å². The van der Waals surface area contributed by atoms with Gasteiger partial charge in [0.2, 0.25) is 0 Å². The largest absolute Gasteiger partial charge is 0.479 e. The molecule has 100 valence electrons. The minimum Gasteiger partial charge on any atom is -0.479 e. The quantitative estimate of drug-likeness (QED) is 0.789. The number of fused-ring (bicyclic) bond motifs is 3. The first-order valence-electron chi connectivity index (χ1n) is 5.48. The van der Waals surface area contributed by atoms with Crippen LogP contribution >= 0.6 is 34.3 Å². The summed E-state index contributed by atoms with van der Waals surface area (Å²) in [4.78, 5) is 12.0. The molecule has 0 unspecified atom stereocenters. The summed E-state index contributed by atoms with van der Waals surface area (Å²) in [5, 5.41) is 21.1. The molecule has 0 bridgehead atoms. The molecule has 0 amide bonds. The average Bonchev–Trinajstić information content (AvgIpc) is 2.90. The fraction of sp³-hybridized carbons (Fsp3) is 0.0769. The maximum absolute atomic E-state index is 10.7. The number of carboxylic acid groups (broad SMARTS) is 1. The van der Waals surface area contributed by atoms with E-state index >= 15 is 0 Å². The maximum Gasteiger partial charge on any atom is 0.341 e. The second-order valence-electron chi connectivity index (χ2n) is 3.99. The molecular formula is C13H6ClNO3S2. The molecule has 0 aromatic carbocycles. The summed E-state index contributed by atoms with van der Waals surface area (Å²) in [7, 11) is 0. The number of nitrogens with zero attached hydrogens (tertiary/aromatic N) is 1. The summed E-state index contributed by atoms with van der Waals surface area (Å²) in [6, 6.07) is 5.83. The average molecular weight is 324 g/mol. The highest BCUT2D eigenvalue weighted by atomic mass is 35.5. The molecule has 1 N–H and O–H groups in total. The first-order valence-corrected chi connectivity index (χ1v) is 7.55. The Kier molecular flexibility index (Phi) is 3.26. The minimum atomic E-state index is -1.07. The normalized spacial score (nSPS) is 10.8. The number of ether oxygens (including phenoxy) is 1. The summed E-state index contributed by atoms with van der Waals surface area (Å²) in [6.45, 7) is -0.467. The van der Waals surface area contributed by atoms with Crippen LogP contribution in [0, 0.1) is 11.3 Å². The lowest BCUT2D eigenvalue weighted by Crippen LogP contribution is -2.09. The third-order valence-corrected chi connectivity index (χ3v) is 5.11. The second kappa shape index (κ2) is 4.94. The van der Waals surface area contributed by atoms with Crippen LogP contribution in [0.1, 0.15) is 4.88 Å². The fourth-order valence-corrected chi connectivity index (χ4v) is 4.17. The monoisotopic (exact) mass is 323 g/mol. The molecule has 0 fully saturated rings. The number of rotatable bonds is 3. The number of halogens is 1. The van der Waals surface area contributed by atoms with Gasteiger partial charge in [0.15, 0.2) is 12.4 Å². The van der Waals surface area contributed by atoms with Gasteiger partial charge in [-0.15, -0.1) is 22.7 Å². The Balaban J connectivity index is 2.23. The van der Waals surface area contributed by atoms with Gasteiger partial charge in [0, 0.05) is 15.0 Å². The van der Waals surface area contributed by atoms with Crippen molar-refractivity contribution >= 4 is 50.3 Å². The number of hydrogen-bond acceptors (Lipinski definition) is 5. The van der Waals surface area contributed by atoms with Gasteiger partial charge in [-0.2, -0.15) is 5.26 Å². The molecule has 1 aromatic heterocycles. The van der Waals surface area contributed by atoms with Gasteiger partial charge < -0.3 is 9.84 Å². The summed E-state index contributed by atoms with van der Waals surface area (Å²) in [5.74, 6) is -0.723. The van der Waals surface area contributed by atoms with E-state index in [0.29, 0.717) is 15.6 Å². The van der Waals surface area contributed by atoms with Crippen molar-refractivity contribution in [2.45, 2.75) is 0 Å². The van der Waals surface area contributed by atoms with Gasteiger partial charge in [-0.1, -0.05) is 11.6 Å². The maximum atomic E-state index is 10.7. The predicted octanol–water partition coefficient (Wildman–Crippen LogP) is 4.06. The van der Waals surface area contributed by atoms with E-state index in [-0.39, 0.29) is 0 Å². The van der Waals surface area contributed by atoms with Crippen LogP contribution in [0.2, 0.25) is 5.02 Å². The predicted molar refractivity (Wildman–Crippen MR) is 79.2 cm³/mol. The number of carbonyl (C=O) groups is 1. The first-order chi connectivity index (χ1) is 9.60. The van der Waals surface area contributed by atoms with E-state index in [2.05, 4.69) is 6.07 Å². The molecule has 0 saturated heterocycles. The Morgan fingerprint density at radius 1 is 1.50 bits per heavy atom. The summed E-state index contributed by atoms with van der Waals surface area (Å²) >= 11 is 8.71. The Hall–Kier alpha value is -1.81. The Labute approximate surface area is 126 Å². The summed E-state index contributed by atoms with van der Waals surface area (Å²) < 4.78 is 6.20. The van der Waals surface area contributed by atoms with E-state index in [1.54, 1.807) is 5.38 Å². The van der Waals surface area contributed by atoms with Gasteiger partial charge in [-0.05, 0) is 17.7 Å². The molecule has 4 nitrogen and oxygen atoms in total. The van der Waals surface area contributed by atoms with Gasteiger partial charge in [0.05, 0.1) is 10.4 Å². The number of thiophene rings is 1. The van der Waals surface area contributed by atoms with Gasteiger partial charge in [0.1, 0.15) is 10.9 Å². The molecule has 1 aliphatic carbocycles. The van der Waals surface area contributed by atoms with E-state index in [9.17, 15) is 4.79 Å². The van der Waals surface area contributed by atoms with Crippen molar-refractivity contribution in [3.05, 3.63) is 27.4 Å². The van der Waals surface area contributed by atoms with Gasteiger partial charge >= 0.3 is 5.97 Å². The van der Waals surface area contributed by atoms with Crippen molar-refractivity contribution in [2.24, 2.45) is 0 Å². The number of hydrogen-bond donors (Lipinski definition) is 1. The smallest absolute Gasteiger partial charge is 0.341 e. The number of aliphatic carboxylic acids is 1. The number of nitriles is 1. The Morgan fingerprint density at radius 2 is 2.30 bits per heavy atom. The van der Waals surface area contributed by atoms with Gasteiger partial charge in [-0.25, -0.2) is 4.79 Å². The molecule has 0 spiro atoms. The van der Waals surface area contributed by atoms with E-state index in [1.165, 1.54) is 22.7 Å². The van der Waals surface area contributed by atoms with E-state index in [0.717, 1.165) is 20.5 Å². The van der Waals surface area contributed by atoms with Gasteiger partial charge in [-0.3, -0.25) is 0 Å². The Morgan fingerprint density at radius 3 is 3.00 bits per heavy atom. The lowest BCUT2D eigenvalue weighted by Gasteiger charge is -2.04. The third kappa shape index (κ3) is 2.10. The molecule has 0 atom stereocenters. The van der Waals surface area contributed by atoms with Crippen LogP contribution in [0.5, 0.6) is 5.75 Å². The van der Waals surface area contributed by atoms with Crippen molar-refractivity contribution in [3.8, 4) is 22.3 Å². The molecule has 2 heterocycles. The van der Waals surface area contributed by atoms with Crippen LogP contribution in [-0.2, 0) is 4.79 Å². The lowest BCUT2D eigenvalue weighted by atomic mass is 10.2. The van der Waals surface area contributed by atoms with Crippen LogP contribution in [0.4, 0.5) is 0 Å². The molecule has 1 aromatic rings. The van der Waals surface area contributed by atoms with Crippen LogP contribution in [-0.4, -0.2) is 17.7 Å². The highest BCUT2D eigenvalue weighted by Gasteiger charge is 2.22. The van der Waals surface area contributed by atoms with Crippen molar-refractivity contribution in [1.29, 1.82) is 5.26 Å². The molecule has 20 heavy (non-hydrogen) atoms. The molecule has 3 rings (SSSR count). The molecular weight excluding hydrogens is 318 g/mol. The minimum absolute atomic E-state index is 0.350. The van der Waals surface area contributed by atoms with E-state index in [4.69, 9.17) is 26.7 Å². The van der Waals surface area contributed by atoms with Crippen LogP contribution in [0.15, 0.2) is 17.5 Å². The topological polar surface area (TPSA) is 70.3 Å². The molecule has 2 aliphatic rings. The zero-order chi connectivity index (χ0) is 14.3. The van der Waals surface area contributed by atoms with Crippen LogP contribution in [0.25, 0.3) is 20.5 Å². The standard InChI is InChI=1S/C13H6ClNO3S2/c14-7-1-6-2-8-11(13(6)19-5-7)12(9(3-15)20-8)18-4-10(16)17/h1-2,5H,4H2,(H,16,17). The van der Waals surface area contributed by atoms with E-state index in [1.807, 2.05) is 12.1 Å². The highest BCUT2D eigenvalue weighted by molar-refractivity contribution is 7.21. The highest BCUT2D eigenvalue weighted by Crippen LogP contribution is 2.48. The van der Waals surface area contributed by atoms with E-state index < -0.39 is 12.6 Å². The summed E-state index contributed by atoms with van der Waals surface area (Å²) in [6.07, 6.45) is 0. The van der Waals surface area contributed by atoms with Crippen molar-refractivity contribution in [2.75, 3.05) is 6.61 Å². The van der Waals surface area contributed by atoms with Crippen molar-refractivity contribution in [3.63, 3.8) is 0 Å².